The molecular weight excluding hydrogens is 294 g/mol. The van der Waals surface area contributed by atoms with Gasteiger partial charge >= 0.3 is 0 Å². The van der Waals surface area contributed by atoms with Gasteiger partial charge in [-0.2, -0.15) is 0 Å². The normalized spacial score (nSPS) is 14.9. The summed E-state index contributed by atoms with van der Waals surface area (Å²) >= 11 is 0. The van der Waals surface area contributed by atoms with Crippen LogP contribution in [0.4, 0.5) is 5.69 Å². The molecule has 2 rings (SSSR count). The number of anilines is 1. The number of benzene rings is 1. The van der Waals surface area contributed by atoms with Crippen LogP contribution >= 0.6 is 12.4 Å². The highest BCUT2D eigenvalue weighted by Crippen LogP contribution is 2.20. The molecule has 21 heavy (non-hydrogen) atoms. The van der Waals surface area contributed by atoms with Crippen molar-refractivity contribution in [1.29, 1.82) is 0 Å². The van der Waals surface area contributed by atoms with Crippen molar-refractivity contribution >= 4 is 29.9 Å². The maximum absolute atomic E-state index is 12.1. The lowest BCUT2D eigenvalue weighted by Crippen LogP contribution is -2.34. The second kappa shape index (κ2) is 8.49. The summed E-state index contributed by atoms with van der Waals surface area (Å²) in [6, 6.07) is 6.94. The highest BCUT2D eigenvalue weighted by atomic mass is 35.5. The molecule has 0 aromatic heterocycles. The molecular formula is C14H20ClN3O3. The smallest absolute Gasteiger partial charge is 0.255 e. The third-order valence-electron chi connectivity index (χ3n) is 3.19. The predicted molar refractivity (Wildman–Crippen MR) is 82.6 cm³/mol. The second-order valence-corrected chi connectivity index (χ2v) is 4.80. The van der Waals surface area contributed by atoms with Gasteiger partial charge < -0.3 is 21.1 Å². The molecule has 116 valence electrons. The largest absolute Gasteiger partial charge is 0.484 e. The molecule has 4 N–H and O–H groups in total. The van der Waals surface area contributed by atoms with Gasteiger partial charge in [-0.05, 0) is 38.1 Å². The number of ether oxygens (including phenoxy) is 1. The van der Waals surface area contributed by atoms with Crippen molar-refractivity contribution in [3.63, 3.8) is 0 Å². The lowest BCUT2D eigenvalue weighted by atomic mass is 9.97. The first-order chi connectivity index (χ1) is 9.65. The molecule has 1 aliphatic heterocycles. The van der Waals surface area contributed by atoms with Gasteiger partial charge in [0.15, 0.2) is 6.61 Å². The number of halogens is 1. The average molecular weight is 314 g/mol. The lowest BCUT2D eigenvalue weighted by Gasteiger charge is -2.21. The Hall–Kier alpha value is -1.79. The van der Waals surface area contributed by atoms with Crippen molar-refractivity contribution in [1.82, 2.24) is 5.32 Å². The van der Waals surface area contributed by atoms with Crippen LogP contribution < -0.4 is 21.1 Å². The standard InChI is InChI=1S/C14H19N3O3.ClH/c15-13(18)9-20-12-3-1-2-11(8-12)17-14(19)10-4-6-16-7-5-10;/h1-3,8,10,16H,4-7,9H2,(H2,15,18)(H,17,19);1H. The van der Waals surface area contributed by atoms with Gasteiger partial charge in [0.05, 0.1) is 0 Å². The molecule has 0 saturated carbocycles. The van der Waals surface area contributed by atoms with Crippen LogP contribution in [-0.4, -0.2) is 31.5 Å². The van der Waals surface area contributed by atoms with Gasteiger partial charge in [0.25, 0.3) is 5.91 Å². The number of amides is 2. The van der Waals surface area contributed by atoms with Crippen LogP contribution in [0.25, 0.3) is 0 Å². The van der Waals surface area contributed by atoms with E-state index in [0.717, 1.165) is 25.9 Å². The van der Waals surface area contributed by atoms with Crippen LogP contribution in [0.3, 0.4) is 0 Å². The van der Waals surface area contributed by atoms with E-state index in [1.165, 1.54) is 0 Å². The molecule has 2 amide bonds. The van der Waals surface area contributed by atoms with Gasteiger partial charge in [0.2, 0.25) is 5.91 Å². The zero-order chi connectivity index (χ0) is 14.4. The van der Waals surface area contributed by atoms with Crippen LogP contribution in [0, 0.1) is 5.92 Å². The van der Waals surface area contributed by atoms with E-state index < -0.39 is 5.91 Å². The molecule has 0 spiro atoms. The molecule has 7 heteroatoms. The van der Waals surface area contributed by atoms with Crippen LogP contribution in [0.2, 0.25) is 0 Å². The summed E-state index contributed by atoms with van der Waals surface area (Å²) in [6.07, 6.45) is 1.70. The minimum atomic E-state index is -0.533. The number of piperidine rings is 1. The molecule has 1 aromatic carbocycles. The number of rotatable bonds is 5. The number of hydrogen-bond donors (Lipinski definition) is 3. The Balaban J connectivity index is 0.00000220. The van der Waals surface area contributed by atoms with E-state index in [2.05, 4.69) is 10.6 Å². The van der Waals surface area contributed by atoms with Gasteiger partial charge in [-0.25, -0.2) is 0 Å². The van der Waals surface area contributed by atoms with Crippen molar-refractivity contribution in [3.8, 4) is 5.75 Å². The lowest BCUT2D eigenvalue weighted by molar-refractivity contribution is -0.121. The third-order valence-corrected chi connectivity index (χ3v) is 3.19. The van der Waals surface area contributed by atoms with E-state index in [1.807, 2.05) is 0 Å². The first kappa shape index (κ1) is 17.3. The van der Waals surface area contributed by atoms with E-state index in [4.69, 9.17) is 10.5 Å². The number of carbonyl (C=O) groups excluding carboxylic acids is 2. The molecule has 1 heterocycles. The first-order valence-corrected chi connectivity index (χ1v) is 6.68. The molecule has 0 unspecified atom stereocenters. The summed E-state index contributed by atoms with van der Waals surface area (Å²) in [7, 11) is 0. The van der Waals surface area contributed by atoms with E-state index in [9.17, 15) is 9.59 Å². The summed E-state index contributed by atoms with van der Waals surface area (Å²) in [5.41, 5.74) is 5.68. The summed E-state index contributed by atoms with van der Waals surface area (Å²) in [5, 5.41) is 6.10. The fourth-order valence-corrected chi connectivity index (χ4v) is 2.15. The fourth-order valence-electron chi connectivity index (χ4n) is 2.15. The maximum Gasteiger partial charge on any atom is 0.255 e. The van der Waals surface area contributed by atoms with Gasteiger partial charge in [0.1, 0.15) is 5.75 Å². The molecule has 0 aliphatic carbocycles. The summed E-state index contributed by atoms with van der Waals surface area (Å²) in [4.78, 5) is 22.8. The average Bonchev–Trinajstić information content (AvgIpc) is 2.46. The molecule has 0 atom stereocenters. The minimum absolute atomic E-state index is 0. The monoisotopic (exact) mass is 313 g/mol. The fraction of sp³-hybridized carbons (Fsp3) is 0.429. The Morgan fingerprint density at radius 3 is 2.71 bits per heavy atom. The van der Waals surface area contributed by atoms with E-state index in [-0.39, 0.29) is 30.8 Å². The van der Waals surface area contributed by atoms with Crippen LogP contribution in [0.15, 0.2) is 24.3 Å². The Morgan fingerprint density at radius 1 is 1.33 bits per heavy atom. The quantitative estimate of drug-likeness (QED) is 0.753. The molecule has 1 aliphatic rings. The third kappa shape index (κ3) is 5.61. The number of nitrogens with two attached hydrogens (primary N) is 1. The topological polar surface area (TPSA) is 93.5 Å². The summed E-state index contributed by atoms with van der Waals surface area (Å²) in [5.74, 6) is 0.0473. The van der Waals surface area contributed by atoms with Crippen LogP contribution in [-0.2, 0) is 9.59 Å². The highest BCUT2D eigenvalue weighted by molar-refractivity contribution is 5.92. The minimum Gasteiger partial charge on any atom is -0.484 e. The van der Waals surface area contributed by atoms with Gasteiger partial charge in [-0.15, -0.1) is 12.4 Å². The zero-order valence-corrected chi connectivity index (χ0v) is 12.4. The SMILES string of the molecule is Cl.NC(=O)COc1cccc(NC(=O)C2CCNCC2)c1. The molecule has 1 saturated heterocycles. The Morgan fingerprint density at radius 2 is 2.05 bits per heavy atom. The zero-order valence-electron chi connectivity index (χ0n) is 11.6. The van der Waals surface area contributed by atoms with E-state index >= 15 is 0 Å². The van der Waals surface area contributed by atoms with E-state index in [0.29, 0.717) is 11.4 Å². The number of primary amides is 1. The first-order valence-electron chi connectivity index (χ1n) is 6.68. The van der Waals surface area contributed by atoms with Crippen molar-refractivity contribution in [2.24, 2.45) is 11.7 Å². The Bertz CT molecular complexity index is 490. The van der Waals surface area contributed by atoms with Crippen molar-refractivity contribution in [3.05, 3.63) is 24.3 Å². The maximum atomic E-state index is 12.1. The number of hydrogen-bond acceptors (Lipinski definition) is 4. The second-order valence-electron chi connectivity index (χ2n) is 4.80. The number of nitrogens with one attached hydrogen (secondary N) is 2. The molecule has 0 bridgehead atoms. The van der Waals surface area contributed by atoms with Gasteiger partial charge in [0, 0.05) is 17.7 Å². The molecule has 1 aromatic rings. The molecule has 1 fully saturated rings. The Labute approximate surface area is 129 Å². The van der Waals surface area contributed by atoms with Crippen LogP contribution in [0.5, 0.6) is 5.75 Å². The van der Waals surface area contributed by atoms with Crippen molar-refractivity contribution < 1.29 is 14.3 Å². The van der Waals surface area contributed by atoms with Gasteiger partial charge in [-0.1, -0.05) is 6.07 Å². The van der Waals surface area contributed by atoms with Gasteiger partial charge in [-0.3, -0.25) is 9.59 Å². The highest BCUT2D eigenvalue weighted by Gasteiger charge is 2.20. The summed E-state index contributed by atoms with van der Waals surface area (Å²) in [6.45, 7) is 1.57. The number of carbonyl (C=O) groups is 2. The van der Waals surface area contributed by atoms with Crippen LogP contribution in [0.1, 0.15) is 12.8 Å². The molecule has 6 nitrogen and oxygen atoms in total. The molecule has 0 radical (unpaired) electrons. The Kier molecular flexibility index (Phi) is 6.98. The summed E-state index contributed by atoms with van der Waals surface area (Å²) < 4.78 is 5.20. The predicted octanol–water partition coefficient (Wildman–Crippen LogP) is 0.911. The van der Waals surface area contributed by atoms with Crippen molar-refractivity contribution in [2.75, 3.05) is 25.0 Å². The van der Waals surface area contributed by atoms with Crippen molar-refractivity contribution in [2.45, 2.75) is 12.8 Å². The van der Waals surface area contributed by atoms with E-state index in [1.54, 1.807) is 24.3 Å².